The van der Waals surface area contributed by atoms with Gasteiger partial charge in [-0.3, -0.25) is 14.7 Å². The molecule has 4 aromatic rings. The fraction of sp³-hybridized carbons (Fsp3) is 0.320. The first-order valence-electron chi connectivity index (χ1n) is 11.2. The van der Waals surface area contributed by atoms with Crippen LogP contribution in [0.3, 0.4) is 0 Å². The lowest BCUT2D eigenvalue weighted by atomic mass is 10.1. The molecule has 0 atom stereocenters. The van der Waals surface area contributed by atoms with Gasteiger partial charge in [0.1, 0.15) is 5.00 Å². The summed E-state index contributed by atoms with van der Waals surface area (Å²) in [6, 6.07) is 18.0. The second-order valence-corrected chi connectivity index (χ2v) is 8.93. The Hall–Kier alpha value is -3.03. The van der Waals surface area contributed by atoms with Gasteiger partial charge in [-0.25, -0.2) is 0 Å². The molecule has 7 heteroatoms. The molecule has 0 aliphatic carbocycles. The number of hydrogen-bond donors (Lipinski definition) is 1. The van der Waals surface area contributed by atoms with Crippen LogP contribution in [0, 0.1) is 0 Å². The Bertz CT molecular complexity index is 1210. The quantitative estimate of drug-likeness (QED) is 0.433. The van der Waals surface area contributed by atoms with Crippen molar-refractivity contribution in [1.82, 2.24) is 19.6 Å². The van der Waals surface area contributed by atoms with Crippen molar-refractivity contribution in [1.29, 1.82) is 0 Å². The molecule has 0 unspecified atom stereocenters. The van der Waals surface area contributed by atoms with E-state index in [1.54, 1.807) is 17.7 Å². The lowest BCUT2D eigenvalue weighted by molar-refractivity contribution is 0.0954. The maximum atomic E-state index is 12.6. The average Bonchev–Trinajstić information content (AvgIpc) is 3.28. The van der Waals surface area contributed by atoms with Crippen molar-refractivity contribution < 1.29 is 4.79 Å². The molecule has 0 spiro atoms. The number of benzene rings is 2. The molecule has 0 saturated carbocycles. The van der Waals surface area contributed by atoms with Crippen LogP contribution in [-0.4, -0.2) is 59.4 Å². The van der Waals surface area contributed by atoms with Crippen LogP contribution >= 0.6 is 11.5 Å². The van der Waals surface area contributed by atoms with E-state index in [0.29, 0.717) is 12.1 Å². The molecule has 3 heterocycles. The van der Waals surface area contributed by atoms with Gasteiger partial charge in [-0.2, -0.15) is 4.37 Å². The minimum Gasteiger partial charge on any atom is -0.359 e. The largest absolute Gasteiger partial charge is 0.359 e. The van der Waals surface area contributed by atoms with Gasteiger partial charge in [0.15, 0.2) is 0 Å². The van der Waals surface area contributed by atoms with Crippen molar-refractivity contribution in [2.75, 3.05) is 44.2 Å². The predicted octanol–water partition coefficient (Wildman–Crippen LogP) is 4.18. The first-order chi connectivity index (χ1) is 15.8. The smallest absolute Gasteiger partial charge is 0.253 e. The Morgan fingerprint density at radius 3 is 2.72 bits per heavy atom. The number of aromatic nitrogens is 2. The molecule has 2 aromatic carbocycles. The summed E-state index contributed by atoms with van der Waals surface area (Å²) in [7, 11) is 0. The maximum Gasteiger partial charge on any atom is 0.253 e. The molecule has 32 heavy (non-hydrogen) atoms. The Morgan fingerprint density at radius 2 is 1.81 bits per heavy atom. The van der Waals surface area contributed by atoms with Crippen molar-refractivity contribution >= 4 is 44.2 Å². The lowest BCUT2D eigenvalue weighted by Gasteiger charge is -2.35. The number of rotatable bonds is 7. The molecule has 1 N–H and O–H groups in total. The summed E-state index contributed by atoms with van der Waals surface area (Å²) in [5.41, 5.74) is 2.50. The number of unbranched alkanes of at least 4 members (excludes halogenated alkanes) is 1. The highest BCUT2D eigenvalue weighted by atomic mass is 32.1. The van der Waals surface area contributed by atoms with E-state index < -0.39 is 0 Å². The molecule has 5 rings (SSSR count). The van der Waals surface area contributed by atoms with Gasteiger partial charge in [0.2, 0.25) is 0 Å². The monoisotopic (exact) mass is 445 g/mol. The molecule has 2 aromatic heterocycles. The number of anilines is 1. The minimum atomic E-state index is -0.0419. The van der Waals surface area contributed by atoms with Crippen LogP contribution in [0.2, 0.25) is 0 Å². The molecular weight excluding hydrogens is 418 g/mol. The molecule has 0 radical (unpaired) electrons. The zero-order chi connectivity index (χ0) is 21.8. The third kappa shape index (κ3) is 4.45. The van der Waals surface area contributed by atoms with Gasteiger partial charge in [0, 0.05) is 49.7 Å². The second-order valence-electron chi connectivity index (χ2n) is 8.18. The molecule has 1 amide bonds. The van der Waals surface area contributed by atoms with Crippen LogP contribution in [0.5, 0.6) is 0 Å². The number of nitrogens with zero attached hydrogens (tertiary/aromatic N) is 4. The van der Waals surface area contributed by atoms with Crippen molar-refractivity contribution in [3.63, 3.8) is 0 Å². The number of hydrogen-bond acceptors (Lipinski definition) is 6. The van der Waals surface area contributed by atoms with Gasteiger partial charge >= 0.3 is 0 Å². The van der Waals surface area contributed by atoms with Gasteiger partial charge in [0.05, 0.1) is 16.6 Å². The van der Waals surface area contributed by atoms with Crippen molar-refractivity contribution in [2.45, 2.75) is 12.8 Å². The average molecular weight is 446 g/mol. The number of amides is 1. The van der Waals surface area contributed by atoms with E-state index in [9.17, 15) is 4.79 Å². The number of piperazine rings is 1. The molecule has 1 saturated heterocycles. The molecular formula is C25H27N5OS. The Kier molecular flexibility index (Phi) is 6.27. The highest BCUT2D eigenvalue weighted by Gasteiger charge is 2.20. The normalized spacial score (nSPS) is 14.8. The van der Waals surface area contributed by atoms with Gasteiger partial charge in [-0.1, -0.05) is 30.3 Å². The zero-order valence-corrected chi connectivity index (χ0v) is 18.9. The van der Waals surface area contributed by atoms with Gasteiger partial charge in [-0.05, 0) is 55.2 Å². The highest BCUT2D eigenvalue weighted by Crippen LogP contribution is 2.31. The summed E-state index contributed by atoms with van der Waals surface area (Å²) in [4.78, 5) is 22.0. The summed E-state index contributed by atoms with van der Waals surface area (Å²) in [5.74, 6) is -0.0419. The summed E-state index contributed by atoms with van der Waals surface area (Å²) < 4.78 is 4.58. The van der Waals surface area contributed by atoms with Crippen LogP contribution in [-0.2, 0) is 0 Å². The van der Waals surface area contributed by atoms with Crippen LogP contribution in [0.4, 0.5) is 5.00 Å². The lowest BCUT2D eigenvalue weighted by Crippen LogP contribution is -2.46. The van der Waals surface area contributed by atoms with Crippen molar-refractivity contribution in [3.8, 4) is 0 Å². The SMILES string of the molecule is O=C(NCCCCN1CCN(c2snc3ccccc23)CC1)c1cccc2cccnc12. The Labute approximate surface area is 192 Å². The fourth-order valence-electron chi connectivity index (χ4n) is 4.32. The van der Waals surface area contributed by atoms with Crippen molar-refractivity contribution in [3.05, 3.63) is 66.4 Å². The number of para-hydroxylation sites is 1. The van der Waals surface area contributed by atoms with Gasteiger partial charge in [-0.15, -0.1) is 0 Å². The molecule has 1 aliphatic rings. The number of pyridine rings is 1. The number of nitrogens with one attached hydrogen (secondary N) is 1. The highest BCUT2D eigenvalue weighted by molar-refractivity contribution is 7.11. The van der Waals surface area contributed by atoms with E-state index >= 15 is 0 Å². The second kappa shape index (κ2) is 9.63. The summed E-state index contributed by atoms with van der Waals surface area (Å²) in [5, 5.41) is 6.62. The molecule has 1 aliphatic heterocycles. The minimum absolute atomic E-state index is 0.0419. The van der Waals surface area contributed by atoms with E-state index in [2.05, 4.69) is 42.7 Å². The Morgan fingerprint density at radius 1 is 0.969 bits per heavy atom. The van der Waals surface area contributed by atoms with Crippen molar-refractivity contribution in [2.24, 2.45) is 0 Å². The predicted molar refractivity (Wildman–Crippen MR) is 132 cm³/mol. The topological polar surface area (TPSA) is 61.4 Å². The summed E-state index contributed by atoms with van der Waals surface area (Å²) in [6.07, 6.45) is 3.79. The first kappa shape index (κ1) is 20.8. The number of fused-ring (bicyclic) bond motifs is 2. The van der Waals surface area contributed by atoms with E-state index in [4.69, 9.17) is 0 Å². The van der Waals surface area contributed by atoms with E-state index in [0.717, 1.165) is 62.0 Å². The third-order valence-electron chi connectivity index (χ3n) is 6.09. The van der Waals surface area contributed by atoms with Gasteiger partial charge in [0.25, 0.3) is 5.91 Å². The Balaban J connectivity index is 1.05. The molecule has 164 valence electrons. The van der Waals surface area contributed by atoms with E-state index in [1.807, 2.05) is 36.4 Å². The molecule has 1 fully saturated rings. The zero-order valence-electron chi connectivity index (χ0n) is 18.0. The van der Waals surface area contributed by atoms with E-state index in [1.165, 1.54) is 10.4 Å². The van der Waals surface area contributed by atoms with Crippen LogP contribution in [0.15, 0.2) is 60.8 Å². The maximum absolute atomic E-state index is 12.6. The van der Waals surface area contributed by atoms with Crippen LogP contribution in [0.25, 0.3) is 21.8 Å². The third-order valence-corrected chi connectivity index (χ3v) is 7.03. The fourth-order valence-corrected chi connectivity index (χ4v) is 5.24. The number of carbonyl (C=O) groups excluding carboxylic acids is 1. The first-order valence-corrected chi connectivity index (χ1v) is 12.0. The van der Waals surface area contributed by atoms with E-state index in [-0.39, 0.29) is 5.91 Å². The number of carbonyl (C=O) groups is 1. The van der Waals surface area contributed by atoms with Gasteiger partial charge < -0.3 is 10.2 Å². The van der Waals surface area contributed by atoms with Crippen LogP contribution < -0.4 is 10.2 Å². The standard InChI is InChI=1S/C25H27N5OS/c31-24(21-10-5-7-19-8-6-13-26-23(19)21)27-12-3-4-14-29-15-17-30(18-16-29)25-20-9-1-2-11-22(20)28-32-25/h1-2,5-11,13H,3-4,12,14-18H2,(H,27,31). The summed E-state index contributed by atoms with van der Waals surface area (Å²) >= 11 is 1.61. The summed E-state index contributed by atoms with van der Waals surface area (Å²) in [6.45, 7) is 5.98. The molecule has 6 nitrogen and oxygen atoms in total. The molecule has 0 bridgehead atoms. The van der Waals surface area contributed by atoms with Crippen LogP contribution in [0.1, 0.15) is 23.2 Å².